The van der Waals surface area contributed by atoms with Crippen molar-refractivity contribution in [2.24, 2.45) is 0 Å². The van der Waals surface area contributed by atoms with E-state index in [0.29, 0.717) is 12.0 Å². The first-order valence-corrected chi connectivity index (χ1v) is 5.02. The van der Waals surface area contributed by atoms with E-state index in [2.05, 4.69) is 0 Å². The minimum absolute atomic E-state index is 0.0174. The van der Waals surface area contributed by atoms with E-state index in [1.165, 1.54) is 6.07 Å². The van der Waals surface area contributed by atoms with Gasteiger partial charge in [-0.15, -0.1) is 0 Å². The Balaban J connectivity index is 2.96. The number of aliphatic carboxylic acids is 1. The Hall–Kier alpha value is -1.38. The molecule has 0 aliphatic carbocycles. The fourth-order valence-electron chi connectivity index (χ4n) is 1.65. The van der Waals surface area contributed by atoms with Crippen LogP contribution in [-0.2, 0) is 4.79 Å². The topological polar surface area (TPSA) is 37.3 Å². The molecule has 0 radical (unpaired) electrons. The molecule has 1 N–H and O–H groups in total. The molecule has 0 aromatic heterocycles. The molecule has 0 amide bonds. The summed E-state index contributed by atoms with van der Waals surface area (Å²) in [5, 5.41) is 8.70. The molecule has 82 valence electrons. The molecule has 0 bridgehead atoms. The predicted octanol–water partition coefficient (Wildman–Crippen LogP) is 3.10. The van der Waals surface area contributed by atoms with E-state index in [0.717, 1.165) is 5.56 Å². The van der Waals surface area contributed by atoms with Gasteiger partial charge in [-0.2, -0.15) is 0 Å². The number of aryl methyl sites for hydroxylation is 1. The Morgan fingerprint density at radius 1 is 1.53 bits per heavy atom. The van der Waals surface area contributed by atoms with Gasteiger partial charge in [0, 0.05) is 0 Å². The molecule has 15 heavy (non-hydrogen) atoms. The SMILES string of the molecule is CCC(CC(=O)O)c1ccc(C)cc1F. The largest absolute Gasteiger partial charge is 0.481 e. The highest BCUT2D eigenvalue weighted by atomic mass is 19.1. The summed E-state index contributed by atoms with van der Waals surface area (Å²) in [5.41, 5.74) is 1.35. The van der Waals surface area contributed by atoms with Gasteiger partial charge in [0.25, 0.3) is 0 Å². The van der Waals surface area contributed by atoms with Gasteiger partial charge in [0.1, 0.15) is 5.82 Å². The Morgan fingerprint density at radius 2 is 2.20 bits per heavy atom. The summed E-state index contributed by atoms with van der Waals surface area (Å²) in [6.45, 7) is 3.68. The van der Waals surface area contributed by atoms with Gasteiger partial charge < -0.3 is 5.11 Å². The molecule has 0 spiro atoms. The Bertz CT molecular complexity index is 361. The lowest BCUT2D eigenvalue weighted by atomic mass is 9.92. The Labute approximate surface area is 88.7 Å². The molecular formula is C12H15FO2. The Kier molecular flexibility index (Phi) is 3.83. The van der Waals surface area contributed by atoms with Crippen molar-refractivity contribution >= 4 is 5.97 Å². The minimum Gasteiger partial charge on any atom is -0.481 e. The number of benzene rings is 1. The fraction of sp³-hybridized carbons (Fsp3) is 0.417. The third kappa shape index (κ3) is 3.05. The van der Waals surface area contributed by atoms with Crippen LogP contribution >= 0.6 is 0 Å². The summed E-state index contributed by atoms with van der Waals surface area (Å²) < 4.78 is 13.5. The quantitative estimate of drug-likeness (QED) is 0.829. The predicted molar refractivity (Wildman–Crippen MR) is 56.4 cm³/mol. The van der Waals surface area contributed by atoms with Crippen molar-refractivity contribution in [1.82, 2.24) is 0 Å². The molecule has 0 heterocycles. The first kappa shape index (κ1) is 11.7. The van der Waals surface area contributed by atoms with Crippen LogP contribution in [0.25, 0.3) is 0 Å². The van der Waals surface area contributed by atoms with Crippen molar-refractivity contribution in [2.45, 2.75) is 32.6 Å². The van der Waals surface area contributed by atoms with E-state index in [9.17, 15) is 9.18 Å². The molecule has 1 atom stereocenters. The van der Waals surface area contributed by atoms with Crippen LogP contribution in [0.3, 0.4) is 0 Å². The second-order valence-electron chi connectivity index (χ2n) is 3.73. The van der Waals surface area contributed by atoms with Crippen LogP contribution in [0.4, 0.5) is 4.39 Å². The van der Waals surface area contributed by atoms with Gasteiger partial charge in [0.05, 0.1) is 6.42 Å². The highest BCUT2D eigenvalue weighted by Crippen LogP contribution is 2.26. The van der Waals surface area contributed by atoms with Crippen molar-refractivity contribution < 1.29 is 14.3 Å². The van der Waals surface area contributed by atoms with Crippen LogP contribution in [0.5, 0.6) is 0 Å². The smallest absolute Gasteiger partial charge is 0.303 e. The van der Waals surface area contributed by atoms with Gasteiger partial charge in [0.15, 0.2) is 0 Å². The minimum atomic E-state index is -0.887. The maximum atomic E-state index is 13.5. The lowest BCUT2D eigenvalue weighted by Gasteiger charge is -2.14. The van der Waals surface area contributed by atoms with Gasteiger partial charge in [0.2, 0.25) is 0 Å². The molecule has 1 aromatic rings. The second-order valence-corrected chi connectivity index (χ2v) is 3.73. The number of carbonyl (C=O) groups is 1. The van der Waals surface area contributed by atoms with E-state index in [4.69, 9.17) is 5.11 Å². The van der Waals surface area contributed by atoms with Crippen LogP contribution in [0, 0.1) is 12.7 Å². The first-order valence-electron chi connectivity index (χ1n) is 5.02. The molecule has 0 saturated heterocycles. The van der Waals surface area contributed by atoms with E-state index >= 15 is 0 Å². The van der Waals surface area contributed by atoms with Gasteiger partial charge in [-0.25, -0.2) is 4.39 Å². The van der Waals surface area contributed by atoms with Crippen LogP contribution in [0.2, 0.25) is 0 Å². The normalized spacial score (nSPS) is 12.5. The molecular weight excluding hydrogens is 195 g/mol. The van der Waals surface area contributed by atoms with Crippen molar-refractivity contribution in [1.29, 1.82) is 0 Å². The zero-order valence-electron chi connectivity index (χ0n) is 8.96. The number of carboxylic acids is 1. The maximum Gasteiger partial charge on any atom is 0.303 e. The molecule has 2 nitrogen and oxygen atoms in total. The van der Waals surface area contributed by atoms with Crippen LogP contribution in [0.1, 0.15) is 36.8 Å². The van der Waals surface area contributed by atoms with Crippen LogP contribution < -0.4 is 0 Å². The lowest BCUT2D eigenvalue weighted by molar-refractivity contribution is -0.137. The van der Waals surface area contributed by atoms with Crippen LogP contribution in [-0.4, -0.2) is 11.1 Å². The van der Waals surface area contributed by atoms with Crippen LogP contribution in [0.15, 0.2) is 18.2 Å². The maximum absolute atomic E-state index is 13.5. The highest BCUT2D eigenvalue weighted by molar-refractivity contribution is 5.68. The summed E-state index contributed by atoms with van der Waals surface area (Å²) in [7, 11) is 0. The molecule has 1 aromatic carbocycles. The molecule has 0 aliphatic heterocycles. The third-order valence-electron chi connectivity index (χ3n) is 2.51. The molecule has 1 unspecified atom stereocenters. The van der Waals surface area contributed by atoms with Crippen molar-refractivity contribution in [3.8, 4) is 0 Å². The van der Waals surface area contributed by atoms with E-state index in [1.807, 2.05) is 19.9 Å². The number of carboxylic acid groups (broad SMARTS) is 1. The number of halogens is 1. The number of hydrogen-bond acceptors (Lipinski definition) is 1. The second kappa shape index (κ2) is 4.91. The third-order valence-corrected chi connectivity index (χ3v) is 2.51. The standard InChI is InChI=1S/C12H15FO2/c1-3-9(7-12(14)15)10-5-4-8(2)6-11(10)13/h4-6,9H,3,7H2,1-2H3,(H,14,15). The molecule has 0 aliphatic rings. The zero-order chi connectivity index (χ0) is 11.4. The van der Waals surface area contributed by atoms with Crippen molar-refractivity contribution in [2.75, 3.05) is 0 Å². The first-order chi connectivity index (χ1) is 7.04. The molecule has 0 fully saturated rings. The van der Waals surface area contributed by atoms with Gasteiger partial charge in [-0.1, -0.05) is 19.1 Å². The van der Waals surface area contributed by atoms with Gasteiger partial charge >= 0.3 is 5.97 Å². The summed E-state index contributed by atoms with van der Waals surface area (Å²) in [5.74, 6) is -1.42. The average Bonchev–Trinajstić information content (AvgIpc) is 2.14. The highest BCUT2D eigenvalue weighted by Gasteiger charge is 2.16. The summed E-state index contributed by atoms with van der Waals surface area (Å²) in [6.07, 6.45) is 0.614. The van der Waals surface area contributed by atoms with Crippen molar-refractivity contribution in [3.63, 3.8) is 0 Å². The zero-order valence-corrected chi connectivity index (χ0v) is 8.96. The van der Waals surface area contributed by atoms with Gasteiger partial charge in [-0.3, -0.25) is 4.79 Å². The molecule has 1 rings (SSSR count). The Morgan fingerprint density at radius 3 is 2.67 bits per heavy atom. The number of rotatable bonds is 4. The monoisotopic (exact) mass is 210 g/mol. The summed E-state index contributed by atoms with van der Waals surface area (Å²) in [6, 6.07) is 4.94. The molecule has 3 heteroatoms. The summed E-state index contributed by atoms with van der Waals surface area (Å²) >= 11 is 0. The van der Waals surface area contributed by atoms with E-state index < -0.39 is 5.97 Å². The molecule has 0 saturated carbocycles. The fourth-order valence-corrected chi connectivity index (χ4v) is 1.65. The van der Waals surface area contributed by atoms with E-state index in [1.54, 1.807) is 6.07 Å². The van der Waals surface area contributed by atoms with Crippen molar-refractivity contribution in [3.05, 3.63) is 35.1 Å². The van der Waals surface area contributed by atoms with E-state index in [-0.39, 0.29) is 18.2 Å². The van der Waals surface area contributed by atoms with Gasteiger partial charge in [-0.05, 0) is 36.5 Å². The lowest BCUT2D eigenvalue weighted by Crippen LogP contribution is -2.07. The number of hydrogen-bond donors (Lipinski definition) is 1. The average molecular weight is 210 g/mol. The summed E-state index contributed by atoms with van der Waals surface area (Å²) in [4.78, 5) is 10.6.